The molecular formula is C20H27N3. The zero-order valence-electron chi connectivity index (χ0n) is 14.3. The second kappa shape index (κ2) is 7.16. The summed E-state index contributed by atoms with van der Waals surface area (Å²) in [5, 5.41) is 0. The van der Waals surface area contributed by atoms with E-state index in [-0.39, 0.29) is 0 Å². The van der Waals surface area contributed by atoms with E-state index in [4.69, 9.17) is 5.73 Å². The SMILES string of the molecule is Cc1cccc(N2CCN(Cc3ccc(CN)cc3)CC2)c1C. The largest absolute Gasteiger partial charge is 0.369 e. The van der Waals surface area contributed by atoms with Crippen molar-refractivity contribution in [3.8, 4) is 0 Å². The lowest BCUT2D eigenvalue weighted by Crippen LogP contribution is -2.46. The predicted octanol–water partition coefficient (Wildman–Crippen LogP) is 3.08. The molecule has 2 aromatic carbocycles. The molecule has 2 N–H and O–H groups in total. The van der Waals surface area contributed by atoms with Gasteiger partial charge >= 0.3 is 0 Å². The molecule has 3 rings (SSSR count). The monoisotopic (exact) mass is 309 g/mol. The third kappa shape index (κ3) is 3.74. The summed E-state index contributed by atoms with van der Waals surface area (Å²) in [7, 11) is 0. The first-order chi connectivity index (χ1) is 11.2. The summed E-state index contributed by atoms with van der Waals surface area (Å²) in [6, 6.07) is 15.3. The number of hydrogen-bond donors (Lipinski definition) is 1. The van der Waals surface area contributed by atoms with Crippen molar-refractivity contribution < 1.29 is 0 Å². The van der Waals surface area contributed by atoms with Crippen LogP contribution in [0.25, 0.3) is 0 Å². The summed E-state index contributed by atoms with van der Waals surface area (Å²) in [4.78, 5) is 5.06. The minimum Gasteiger partial charge on any atom is -0.369 e. The van der Waals surface area contributed by atoms with Crippen LogP contribution in [-0.4, -0.2) is 31.1 Å². The van der Waals surface area contributed by atoms with E-state index >= 15 is 0 Å². The van der Waals surface area contributed by atoms with Crippen LogP contribution in [0.1, 0.15) is 22.3 Å². The van der Waals surface area contributed by atoms with E-state index in [0.29, 0.717) is 6.54 Å². The molecule has 1 aliphatic heterocycles. The Morgan fingerprint density at radius 3 is 2.17 bits per heavy atom. The van der Waals surface area contributed by atoms with Gasteiger partial charge in [-0.05, 0) is 42.2 Å². The van der Waals surface area contributed by atoms with Crippen LogP contribution in [-0.2, 0) is 13.1 Å². The normalized spacial score (nSPS) is 15.9. The van der Waals surface area contributed by atoms with Gasteiger partial charge < -0.3 is 10.6 Å². The van der Waals surface area contributed by atoms with Gasteiger partial charge in [0.05, 0.1) is 0 Å². The van der Waals surface area contributed by atoms with Crippen molar-refractivity contribution in [2.45, 2.75) is 26.9 Å². The van der Waals surface area contributed by atoms with Gasteiger partial charge in [0.15, 0.2) is 0 Å². The highest BCUT2D eigenvalue weighted by atomic mass is 15.3. The number of anilines is 1. The third-order valence-corrected chi connectivity index (χ3v) is 4.95. The zero-order valence-corrected chi connectivity index (χ0v) is 14.3. The van der Waals surface area contributed by atoms with Gasteiger partial charge in [-0.25, -0.2) is 0 Å². The molecule has 0 atom stereocenters. The minimum absolute atomic E-state index is 0.620. The van der Waals surface area contributed by atoms with Crippen molar-refractivity contribution in [1.82, 2.24) is 4.90 Å². The van der Waals surface area contributed by atoms with Gasteiger partial charge in [0, 0.05) is 45.0 Å². The van der Waals surface area contributed by atoms with E-state index in [1.54, 1.807) is 0 Å². The molecule has 122 valence electrons. The lowest BCUT2D eigenvalue weighted by Gasteiger charge is -2.37. The molecule has 0 aromatic heterocycles. The van der Waals surface area contributed by atoms with Crippen LogP contribution in [0.4, 0.5) is 5.69 Å². The molecule has 1 heterocycles. The Kier molecular flexibility index (Phi) is 4.99. The van der Waals surface area contributed by atoms with Crippen molar-refractivity contribution in [2.75, 3.05) is 31.1 Å². The van der Waals surface area contributed by atoms with Gasteiger partial charge in [0.2, 0.25) is 0 Å². The van der Waals surface area contributed by atoms with Crippen LogP contribution in [0.5, 0.6) is 0 Å². The number of benzene rings is 2. The Labute approximate surface area is 139 Å². The van der Waals surface area contributed by atoms with Gasteiger partial charge in [0.25, 0.3) is 0 Å². The first-order valence-electron chi connectivity index (χ1n) is 8.49. The highest BCUT2D eigenvalue weighted by Gasteiger charge is 2.18. The fraction of sp³-hybridized carbons (Fsp3) is 0.400. The van der Waals surface area contributed by atoms with Crippen LogP contribution < -0.4 is 10.6 Å². The van der Waals surface area contributed by atoms with Gasteiger partial charge in [-0.1, -0.05) is 36.4 Å². The number of piperazine rings is 1. The summed E-state index contributed by atoms with van der Waals surface area (Å²) in [5.74, 6) is 0. The summed E-state index contributed by atoms with van der Waals surface area (Å²) < 4.78 is 0. The molecular weight excluding hydrogens is 282 g/mol. The number of nitrogens with two attached hydrogens (primary N) is 1. The highest BCUT2D eigenvalue weighted by Crippen LogP contribution is 2.24. The maximum Gasteiger partial charge on any atom is 0.0399 e. The van der Waals surface area contributed by atoms with Gasteiger partial charge in [-0.15, -0.1) is 0 Å². The Hall–Kier alpha value is -1.84. The molecule has 3 heteroatoms. The number of nitrogens with zero attached hydrogens (tertiary/aromatic N) is 2. The standard InChI is InChI=1S/C20H27N3/c1-16-4-3-5-20(17(16)2)23-12-10-22(11-13-23)15-19-8-6-18(14-21)7-9-19/h3-9H,10-15,21H2,1-2H3. The Morgan fingerprint density at radius 2 is 1.52 bits per heavy atom. The van der Waals surface area contributed by atoms with Crippen LogP contribution in [0.2, 0.25) is 0 Å². The van der Waals surface area contributed by atoms with Gasteiger partial charge in [-0.3, -0.25) is 4.90 Å². The quantitative estimate of drug-likeness (QED) is 0.942. The average molecular weight is 309 g/mol. The second-order valence-corrected chi connectivity index (χ2v) is 6.50. The van der Waals surface area contributed by atoms with Crippen LogP contribution >= 0.6 is 0 Å². The smallest absolute Gasteiger partial charge is 0.0399 e. The molecule has 1 aliphatic rings. The van der Waals surface area contributed by atoms with E-state index in [9.17, 15) is 0 Å². The van der Waals surface area contributed by atoms with Crippen molar-refractivity contribution in [1.29, 1.82) is 0 Å². The summed E-state index contributed by atoms with van der Waals surface area (Å²) >= 11 is 0. The lowest BCUT2D eigenvalue weighted by molar-refractivity contribution is 0.250. The highest BCUT2D eigenvalue weighted by molar-refractivity contribution is 5.56. The molecule has 0 unspecified atom stereocenters. The molecule has 0 radical (unpaired) electrons. The molecule has 3 nitrogen and oxygen atoms in total. The zero-order chi connectivity index (χ0) is 16.2. The van der Waals surface area contributed by atoms with Gasteiger partial charge in [-0.2, -0.15) is 0 Å². The molecule has 0 aliphatic carbocycles. The Bertz CT molecular complexity index is 640. The molecule has 2 aromatic rings. The predicted molar refractivity (Wildman–Crippen MR) is 97.7 cm³/mol. The molecule has 0 saturated carbocycles. The van der Waals surface area contributed by atoms with Crippen LogP contribution in [0, 0.1) is 13.8 Å². The maximum absolute atomic E-state index is 5.66. The van der Waals surface area contributed by atoms with E-state index < -0.39 is 0 Å². The van der Waals surface area contributed by atoms with Crippen LogP contribution in [0.3, 0.4) is 0 Å². The second-order valence-electron chi connectivity index (χ2n) is 6.50. The Morgan fingerprint density at radius 1 is 0.870 bits per heavy atom. The summed E-state index contributed by atoms with van der Waals surface area (Å²) in [5.41, 5.74) is 12.4. The lowest BCUT2D eigenvalue weighted by atomic mass is 10.1. The fourth-order valence-electron chi connectivity index (χ4n) is 3.26. The molecule has 1 fully saturated rings. The van der Waals surface area contributed by atoms with Crippen molar-refractivity contribution >= 4 is 5.69 Å². The topological polar surface area (TPSA) is 32.5 Å². The van der Waals surface area contributed by atoms with Crippen molar-refractivity contribution in [2.24, 2.45) is 5.73 Å². The molecule has 0 amide bonds. The van der Waals surface area contributed by atoms with Crippen LogP contribution in [0.15, 0.2) is 42.5 Å². The fourth-order valence-corrected chi connectivity index (χ4v) is 3.26. The molecule has 23 heavy (non-hydrogen) atoms. The van der Waals surface area contributed by atoms with Gasteiger partial charge in [0.1, 0.15) is 0 Å². The van der Waals surface area contributed by atoms with E-state index in [1.807, 2.05) is 0 Å². The van der Waals surface area contributed by atoms with E-state index in [1.165, 1.54) is 27.9 Å². The van der Waals surface area contributed by atoms with Crippen molar-refractivity contribution in [3.05, 3.63) is 64.7 Å². The minimum atomic E-state index is 0.620. The molecule has 0 spiro atoms. The number of aryl methyl sites for hydroxylation is 1. The third-order valence-electron chi connectivity index (χ3n) is 4.95. The number of hydrogen-bond acceptors (Lipinski definition) is 3. The van der Waals surface area contributed by atoms with E-state index in [0.717, 1.165) is 32.7 Å². The molecule has 1 saturated heterocycles. The Balaban J connectivity index is 1.58. The first-order valence-corrected chi connectivity index (χ1v) is 8.49. The van der Waals surface area contributed by atoms with Crippen molar-refractivity contribution in [3.63, 3.8) is 0 Å². The average Bonchev–Trinajstić information content (AvgIpc) is 2.59. The summed E-state index contributed by atoms with van der Waals surface area (Å²) in [6.07, 6.45) is 0. The molecule has 0 bridgehead atoms. The maximum atomic E-state index is 5.66. The summed E-state index contributed by atoms with van der Waals surface area (Å²) in [6.45, 7) is 10.5. The van der Waals surface area contributed by atoms with E-state index in [2.05, 4.69) is 66.1 Å². The number of rotatable bonds is 4. The first kappa shape index (κ1) is 16.0.